The van der Waals surface area contributed by atoms with Crippen molar-refractivity contribution in [2.45, 2.75) is 31.6 Å². The fourth-order valence-electron chi connectivity index (χ4n) is 3.92. The number of benzene rings is 3. The van der Waals surface area contributed by atoms with Gasteiger partial charge in [0.25, 0.3) is 0 Å². The van der Waals surface area contributed by atoms with E-state index in [9.17, 15) is 5.11 Å². The molecule has 1 aliphatic heterocycles. The van der Waals surface area contributed by atoms with Crippen LogP contribution in [0.2, 0.25) is 5.02 Å². The summed E-state index contributed by atoms with van der Waals surface area (Å²) in [6.45, 7) is 2.02. The monoisotopic (exact) mass is 434 g/mol. The van der Waals surface area contributed by atoms with Gasteiger partial charge in [-0.1, -0.05) is 89.6 Å². The molecule has 31 heavy (non-hydrogen) atoms. The molecule has 4 rings (SSSR count). The van der Waals surface area contributed by atoms with Gasteiger partial charge in [0.1, 0.15) is 6.10 Å². The van der Waals surface area contributed by atoms with E-state index in [4.69, 9.17) is 16.4 Å². The van der Waals surface area contributed by atoms with Gasteiger partial charge in [-0.05, 0) is 35.2 Å². The van der Waals surface area contributed by atoms with Crippen molar-refractivity contribution in [3.8, 4) is 0 Å². The molecule has 0 spiro atoms. The first-order chi connectivity index (χ1) is 15.2. The van der Waals surface area contributed by atoms with Crippen LogP contribution in [0.5, 0.6) is 0 Å². The van der Waals surface area contributed by atoms with E-state index < -0.39 is 6.10 Å². The summed E-state index contributed by atoms with van der Waals surface area (Å²) in [7, 11) is 0. The van der Waals surface area contributed by atoms with Gasteiger partial charge in [0.15, 0.2) is 0 Å². The summed E-state index contributed by atoms with van der Waals surface area (Å²) in [6.07, 6.45) is 0.869. The average molecular weight is 435 g/mol. The van der Waals surface area contributed by atoms with E-state index in [2.05, 4.69) is 34.3 Å². The van der Waals surface area contributed by atoms with Crippen LogP contribution in [-0.4, -0.2) is 41.0 Å². The van der Waals surface area contributed by atoms with Crippen LogP contribution in [0.1, 0.15) is 23.1 Å². The number of nitrogens with zero attached hydrogens (tertiary/aromatic N) is 2. The largest absolute Gasteiger partial charge is 0.391 e. The van der Waals surface area contributed by atoms with E-state index in [1.807, 2.05) is 60.7 Å². The second kappa shape index (κ2) is 10.6. The summed E-state index contributed by atoms with van der Waals surface area (Å²) in [6, 6.07) is 28.1. The van der Waals surface area contributed by atoms with Crippen LogP contribution in [0.25, 0.3) is 0 Å². The minimum absolute atomic E-state index is 0.0432. The first kappa shape index (κ1) is 21.6. The maximum atomic E-state index is 10.8. The fourth-order valence-corrected chi connectivity index (χ4v) is 4.05. The molecule has 0 aliphatic carbocycles. The Labute approximate surface area is 188 Å². The molecule has 1 N–H and O–H groups in total. The predicted molar refractivity (Wildman–Crippen MR) is 125 cm³/mol. The molecule has 1 aliphatic rings. The zero-order valence-corrected chi connectivity index (χ0v) is 18.2. The van der Waals surface area contributed by atoms with Crippen molar-refractivity contribution >= 4 is 17.3 Å². The van der Waals surface area contributed by atoms with E-state index in [-0.39, 0.29) is 6.10 Å². The Hall–Kier alpha value is -2.66. The number of hydrogen-bond donors (Lipinski definition) is 1. The van der Waals surface area contributed by atoms with Crippen molar-refractivity contribution < 1.29 is 9.94 Å². The topological polar surface area (TPSA) is 45.1 Å². The number of hydrogen-bond acceptors (Lipinski definition) is 4. The van der Waals surface area contributed by atoms with E-state index >= 15 is 0 Å². The van der Waals surface area contributed by atoms with Gasteiger partial charge in [0, 0.05) is 31.1 Å². The van der Waals surface area contributed by atoms with Gasteiger partial charge >= 0.3 is 0 Å². The summed E-state index contributed by atoms with van der Waals surface area (Å²) in [5, 5.41) is 15.8. The molecule has 0 saturated carbocycles. The lowest BCUT2D eigenvalue weighted by Crippen LogP contribution is -2.38. The molecular formula is C26H27ClN2O2. The third-order valence-electron chi connectivity index (χ3n) is 5.40. The predicted octanol–water partition coefficient (Wildman–Crippen LogP) is 4.94. The van der Waals surface area contributed by atoms with Crippen molar-refractivity contribution in [1.82, 2.24) is 4.90 Å². The molecule has 4 nitrogen and oxygen atoms in total. The lowest BCUT2D eigenvalue weighted by Gasteiger charge is -2.27. The van der Waals surface area contributed by atoms with Crippen LogP contribution >= 0.6 is 11.6 Å². The van der Waals surface area contributed by atoms with Gasteiger partial charge in [0.05, 0.1) is 11.8 Å². The Morgan fingerprint density at radius 2 is 1.58 bits per heavy atom. The number of oxime groups is 1. The van der Waals surface area contributed by atoms with Crippen LogP contribution in [0.3, 0.4) is 0 Å². The minimum Gasteiger partial charge on any atom is -0.391 e. The van der Waals surface area contributed by atoms with E-state index in [0.717, 1.165) is 29.8 Å². The van der Waals surface area contributed by atoms with Crippen LogP contribution in [0, 0.1) is 0 Å². The van der Waals surface area contributed by atoms with Gasteiger partial charge in [-0.25, -0.2) is 0 Å². The highest BCUT2D eigenvalue weighted by Gasteiger charge is 2.25. The van der Waals surface area contributed by atoms with Gasteiger partial charge < -0.3 is 9.94 Å². The van der Waals surface area contributed by atoms with E-state index in [1.165, 1.54) is 5.56 Å². The van der Waals surface area contributed by atoms with Crippen LogP contribution in [-0.2, 0) is 17.8 Å². The summed E-state index contributed by atoms with van der Waals surface area (Å²) in [5.41, 5.74) is 4.32. The number of rotatable bonds is 9. The molecule has 1 heterocycles. The summed E-state index contributed by atoms with van der Waals surface area (Å²) >= 11 is 6.00. The molecule has 0 fully saturated rings. The van der Waals surface area contributed by atoms with Gasteiger partial charge in [-0.15, -0.1) is 0 Å². The SMILES string of the molecule is O[C@@H](Cc1ccccc1)CN(Cc1ccccc1)C[C@H]1CC(c2ccc(Cl)cc2)=NO1. The molecule has 160 valence electrons. The average Bonchev–Trinajstić information content (AvgIpc) is 3.24. The van der Waals surface area contributed by atoms with Crippen molar-refractivity contribution in [2.75, 3.05) is 13.1 Å². The molecule has 0 radical (unpaired) electrons. The molecular weight excluding hydrogens is 408 g/mol. The maximum absolute atomic E-state index is 10.8. The van der Waals surface area contributed by atoms with Crippen molar-refractivity contribution in [3.63, 3.8) is 0 Å². The molecule has 5 heteroatoms. The zero-order chi connectivity index (χ0) is 21.5. The minimum atomic E-state index is -0.454. The second-order valence-electron chi connectivity index (χ2n) is 8.00. The van der Waals surface area contributed by atoms with Crippen molar-refractivity contribution in [1.29, 1.82) is 0 Å². The molecule has 0 aromatic heterocycles. The summed E-state index contributed by atoms with van der Waals surface area (Å²) in [4.78, 5) is 8.01. The third kappa shape index (κ3) is 6.41. The van der Waals surface area contributed by atoms with Crippen LogP contribution < -0.4 is 0 Å². The highest BCUT2D eigenvalue weighted by Crippen LogP contribution is 2.20. The highest BCUT2D eigenvalue weighted by atomic mass is 35.5. The normalized spacial score (nSPS) is 16.7. The quantitative estimate of drug-likeness (QED) is 0.519. The first-order valence-corrected chi connectivity index (χ1v) is 11.0. The number of aliphatic hydroxyl groups excluding tert-OH is 1. The van der Waals surface area contributed by atoms with Gasteiger partial charge in [-0.3, -0.25) is 4.90 Å². The molecule has 0 saturated heterocycles. The zero-order valence-electron chi connectivity index (χ0n) is 17.4. The van der Waals surface area contributed by atoms with E-state index in [1.54, 1.807) is 0 Å². The lowest BCUT2D eigenvalue weighted by molar-refractivity contribution is 0.0322. The number of halogens is 1. The smallest absolute Gasteiger partial charge is 0.145 e. The molecule has 3 aromatic carbocycles. The Bertz CT molecular complexity index is 977. The van der Waals surface area contributed by atoms with Crippen LogP contribution in [0.4, 0.5) is 0 Å². The molecule has 0 amide bonds. The maximum Gasteiger partial charge on any atom is 0.145 e. The lowest BCUT2D eigenvalue weighted by atomic mass is 10.0. The molecule has 0 unspecified atom stereocenters. The third-order valence-corrected chi connectivity index (χ3v) is 5.66. The number of aliphatic hydroxyl groups is 1. The highest BCUT2D eigenvalue weighted by molar-refractivity contribution is 6.30. The molecule has 3 aromatic rings. The Morgan fingerprint density at radius 3 is 2.26 bits per heavy atom. The standard InChI is InChI=1S/C26H27ClN2O2/c27-23-13-11-22(12-14-23)26-16-25(31-28-26)19-29(17-21-9-5-2-6-10-21)18-24(30)15-20-7-3-1-4-8-20/h1-14,24-25,30H,15-19H2/t24-,25+/m0/s1. The first-order valence-electron chi connectivity index (χ1n) is 10.6. The van der Waals surface area contributed by atoms with E-state index in [0.29, 0.717) is 24.5 Å². The Balaban J connectivity index is 1.39. The summed E-state index contributed by atoms with van der Waals surface area (Å²) in [5.74, 6) is 0. The Morgan fingerprint density at radius 1 is 0.935 bits per heavy atom. The molecule has 2 atom stereocenters. The second-order valence-corrected chi connectivity index (χ2v) is 8.44. The van der Waals surface area contributed by atoms with Crippen molar-refractivity contribution in [2.24, 2.45) is 5.16 Å². The van der Waals surface area contributed by atoms with Crippen LogP contribution in [0.15, 0.2) is 90.1 Å². The van der Waals surface area contributed by atoms with Gasteiger partial charge in [0.2, 0.25) is 0 Å². The van der Waals surface area contributed by atoms with Crippen molar-refractivity contribution in [3.05, 3.63) is 107 Å². The van der Waals surface area contributed by atoms with Gasteiger partial charge in [-0.2, -0.15) is 0 Å². The molecule has 0 bridgehead atoms. The summed E-state index contributed by atoms with van der Waals surface area (Å²) < 4.78 is 0. The fraction of sp³-hybridized carbons (Fsp3) is 0.269. The Kier molecular flexibility index (Phi) is 7.36.